The summed E-state index contributed by atoms with van der Waals surface area (Å²) in [5.41, 5.74) is 0. The van der Waals surface area contributed by atoms with E-state index < -0.39 is 0 Å². The van der Waals surface area contributed by atoms with Crippen molar-refractivity contribution in [3.63, 3.8) is 0 Å². The summed E-state index contributed by atoms with van der Waals surface area (Å²) in [6.07, 6.45) is 4.54. The third-order valence-corrected chi connectivity index (χ3v) is 2.27. The molecule has 64 valence electrons. The first-order chi connectivity index (χ1) is 5.92. The summed E-state index contributed by atoms with van der Waals surface area (Å²) in [5, 5.41) is 0. The molecule has 1 aliphatic rings. The Morgan fingerprint density at radius 3 is 2.83 bits per heavy atom. The molecule has 0 bridgehead atoms. The average Bonchev–Trinajstić information content (AvgIpc) is 2.92. The van der Waals surface area contributed by atoms with E-state index in [9.17, 15) is 0 Å². The summed E-state index contributed by atoms with van der Waals surface area (Å²) in [7, 11) is 0. The van der Waals surface area contributed by atoms with Crippen LogP contribution in [0, 0.1) is 0 Å². The molecule has 1 saturated carbocycles. The molecule has 0 unspecified atom stereocenters. The molecule has 2 heteroatoms. The molecule has 1 fully saturated rings. The molecular weight excluding hydrogens is 148 g/mol. The second kappa shape index (κ2) is 3.13. The van der Waals surface area contributed by atoms with Crippen molar-refractivity contribution in [2.75, 3.05) is 11.4 Å². The third kappa shape index (κ3) is 1.42. The third-order valence-electron chi connectivity index (χ3n) is 2.27. The van der Waals surface area contributed by atoms with E-state index in [0.29, 0.717) is 0 Å². The molecule has 1 aromatic rings. The van der Waals surface area contributed by atoms with Crippen LogP contribution in [0.3, 0.4) is 0 Å². The highest BCUT2D eigenvalue weighted by molar-refractivity contribution is 5.40. The number of hydrogen-bond acceptors (Lipinski definition) is 2. The van der Waals surface area contributed by atoms with E-state index >= 15 is 0 Å². The zero-order valence-electron chi connectivity index (χ0n) is 7.40. The van der Waals surface area contributed by atoms with Gasteiger partial charge in [0, 0.05) is 18.8 Å². The van der Waals surface area contributed by atoms with Crippen LogP contribution in [0.1, 0.15) is 19.8 Å². The first kappa shape index (κ1) is 7.59. The Bertz CT molecular complexity index is 241. The van der Waals surface area contributed by atoms with Gasteiger partial charge in [-0.15, -0.1) is 0 Å². The van der Waals surface area contributed by atoms with Gasteiger partial charge in [0.05, 0.1) is 0 Å². The van der Waals surface area contributed by atoms with Gasteiger partial charge in [-0.05, 0) is 31.9 Å². The highest BCUT2D eigenvalue weighted by Gasteiger charge is 2.28. The highest BCUT2D eigenvalue weighted by atomic mass is 15.2. The zero-order chi connectivity index (χ0) is 8.39. The Balaban J connectivity index is 2.15. The lowest BCUT2D eigenvalue weighted by Crippen LogP contribution is -2.25. The average molecular weight is 162 g/mol. The predicted molar refractivity (Wildman–Crippen MR) is 50.3 cm³/mol. The fraction of sp³-hybridized carbons (Fsp3) is 0.500. The minimum absolute atomic E-state index is 0.768. The molecule has 2 rings (SSSR count). The maximum atomic E-state index is 4.34. The van der Waals surface area contributed by atoms with Gasteiger partial charge in [0.2, 0.25) is 0 Å². The number of aromatic nitrogens is 1. The van der Waals surface area contributed by atoms with Crippen LogP contribution >= 0.6 is 0 Å². The second-order valence-electron chi connectivity index (χ2n) is 3.21. The summed E-state index contributed by atoms with van der Waals surface area (Å²) in [6.45, 7) is 3.26. The lowest BCUT2D eigenvalue weighted by Gasteiger charge is -2.20. The van der Waals surface area contributed by atoms with Gasteiger partial charge < -0.3 is 4.90 Å². The van der Waals surface area contributed by atoms with Crippen molar-refractivity contribution in [3.05, 3.63) is 24.4 Å². The van der Waals surface area contributed by atoms with E-state index in [0.717, 1.165) is 18.4 Å². The van der Waals surface area contributed by atoms with Crippen molar-refractivity contribution < 1.29 is 0 Å². The number of nitrogens with zero attached hydrogens (tertiary/aromatic N) is 2. The Morgan fingerprint density at radius 1 is 1.50 bits per heavy atom. The van der Waals surface area contributed by atoms with Gasteiger partial charge in [0.15, 0.2) is 0 Å². The van der Waals surface area contributed by atoms with Crippen molar-refractivity contribution >= 4 is 5.82 Å². The van der Waals surface area contributed by atoms with E-state index in [1.165, 1.54) is 12.8 Å². The van der Waals surface area contributed by atoms with Gasteiger partial charge in [0.1, 0.15) is 5.82 Å². The van der Waals surface area contributed by atoms with E-state index in [4.69, 9.17) is 0 Å². The van der Waals surface area contributed by atoms with Crippen LogP contribution in [-0.2, 0) is 0 Å². The molecular formula is C10H14N2. The normalized spacial score (nSPS) is 16.1. The summed E-state index contributed by atoms with van der Waals surface area (Å²) >= 11 is 0. The van der Waals surface area contributed by atoms with Gasteiger partial charge in [-0.3, -0.25) is 0 Å². The minimum atomic E-state index is 0.768. The van der Waals surface area contributed by atoms with Crippen molar-refractivity contribution in [2.24, 2.45) is 0 Å². The molecule has 0 aromatic carbocycles. The molecule has 0 N–H and O–H groups in total. The number of anilines is 1. The van der Waals surface area contributed by atoms with E-state index in [1.54, 1.807) is 0 Å². The van der Waals surface area contributed by atoms with E-state index in [2.05, 4.69) is 22.9 Å². The molecule has 0 aliphatic heterocycles. The first-order valence-electron chi connectivity index (χ1n) is 4.59. The standard InChI is InChI=1S/C10H14N2/c1-2-12(9-6-7-9)10-5-3-4-8-11-10/h3-5,8-9H,2,6-7H2,1H3. The Labute approximate surface area is 73.2 Å². The van der Waals surface area contributed by atoms with Gasteiger partial charge >= 0.3 is 0 Å². The van der Waals surface area contributed by atoms with E-state index in [-0.39, 0.29) is 0 Å². The van der Waals surface area contributed by atoms with Crippen LogP contribution in [0.5, 0.6) is 0 Å². The quantitative estimate of drug-likeness (QED) is 0.676. The molecule has 1 aromatic heterocycles. The van der Waals surface area contributed by atoms with Crippen LogP contribution in [0.4, 0.5) is 5.82 Å². The lowest BCUT2D eigenvalue weighted by molar-refractivity contribution is 0.808. The van der Waals surface area contributed by atoms with Crippen molar-refractivity contribution in [1.82, 2.24) is 4.98 Å². The SMILES string of the molecule is CCN(c1ccccn1)C1CC1. The number of hydrogen-bond donors (Lipinski definition) is 0. The topological polar surface area (TPSA) is 16.1 Å². The number of pyridine rings is 1. The monoisotopic (exact) mass is 162 g/mol. The summed E-state index contributed by atoms with van der Waals surface area (Å²) in [4.78, 5) is 6.71. The molecule has 0 amide bonds. The Hall–Kier alpha value is -1.05. The molecule has 0 atom stereocenters. The molecule has 1 aliphatic carbocycles. The molecule has 0 saturated heterocycles. The van der Waals surface area contributed by atoms with Crippen molar-refractivity contribution in [1.29, 1.82) is 0 Å². The van der Waals surface area contributed by atoms with Gasteiger partial charge in [-0.2, -0.15) is 0 Å². The van der Waals surface area contributed by atoms with Crippen LogP contribution in [0.15, 0.2) is 24.4 Å². The smallest absolute Gasteiger partial charge is 0.128 e. The van der Waals surface area contributed by atoms with Crippen LogP contribution in [0.25, 0.3) is 0 Å². The molecule has 0 spiro atoms. The highest BCUT2D eigenvalue weighted by Crippen LogP contribution is 2.29. The molecule has 1 heterocycles. The molecule has 0 radical (unpaired) electrons. The van der Waals surface area contributed by atoms with Crippen LogP contribution in [-0.4, -0.2) is 17.6 Å². The maximum Gasteiger partial charge on any atom is 0.128 e. The molecule has 12 heavy (non-hydrogen) atoms. The van der Waals surface area contributed by atoms with Gasteiger partial charge in [-0.25, -0.2) is 4.98 Å². The fourth-order valence-electron chi connectivity index (χ4n) is 1.52. The van der Waals surface area contributed by atoms with Crippen molar-refractivity contribution in [2.45, 2.75) is 25.8 Å². The van der Waals surface area contributed by atoms with Crippen molar-refractivity contribution in [3.8, 4) is 0 Å². The predicted octanol–water partition coefficient (Wildman–Crippen LogP) is 2.07. The first-order valence-corrected chi connectivity index (χ1v) is 4.59. The molecule has 2 nitrogen and oxygen atoms in total. The zero-order valence-corrected chi connectivity index (χ0v) is 7.40. The summed E-state index contributed by atoms with van der Waals surface area (Å²) in [6, 6.07) is 6.87. The van der Waals surface area contributed by atoms with Gasteiger partial charge in [0.25, 0.3) is 0 Å². The number of rotatable bonds is 3. The second-order valence-corrected chi connectivity index (χ2v) is 3.21. The Kier molecular flexibility index (Phi) is 1.98. The van der Waals surface area contributed by atoms with Gasteiger partial charge in [-0.1, -0.05) is 6.07 Å². The van der Waals surface area contributed by atoms with Crippen LogP contribution in [0.2, 0.25) is 0 Å². The minimum Gasteiger partial charge on any atom is -0.354 e. The Morgan fingerprint density at radius 2 is 2.33 bits per heavy atom. The maximum absolute atomic E-state index is 4.34. The lowest BCUT2D eigenvalue weighted by atomic mass is 10.4. The van der Waals surface area contributed by atoms with Crippen LogP contribution < -0.4 is 4.90 Å². The fourth-order valence-corrected chi connectivity index (χ4v) is 1.52. The summed E-state index contributed by atoms with van der Waals surface area (Å²) in [5.74, 6) is 1.13. The summed E-state index contributed by atoms with van der Waals surface area (Å²) < 4.78 is 0. The largest absolute Gasteiger partial charge is 0.354 e. The van der Waals surface area contributed by atoms with E-state index in [1.807, 2.05) is 18.3 Å².